The summed E-state index contributed by atoms with van der Waals surface area (Å²) in [4.78, 5) is 0. The molecule has 0 unspecified atom stereocenters. The Morgan fingerprint density at radius 3 is 1.79 bits per heavy atom. The maximum atomic E-state index is 3.70. The van der Waals surface area contributed by atoms with Crippen molar-refractivity contribution >= 4 is 0 Å². The average Bonchev–Trinajstić information content (AvgIpc) is 2.24. The van der Waals surface area contributed by atoms with Gasteiger partial charge in [-0.3, -0.25) is 0 Å². The molecule has 0 atom stereocenters. The van der Waals surface area contributed by atoms with Crippen molar-refractivity contribution < 1.29 is 0 Å². The van der Waals surface area contributed by atoms with E-state index in [1.54, 1.807) is 6.08 Å². The van der Waals surface area contributed by atoms with Gasteiger partial charge in [0.05, 0.1) is 0 Å². The zero-order valence-corrected chi connectivity index (χ0v) is 10.1. The number of rotatable bonds is 6. The van der Waals surface area contributed by atoms with Gasteiger partial charge in [0.25, 0.3) is 0 Å². The third-order valence-corrected chi connectivity index (χ3v) is 2.16. The normalized spacial score (nSPS) is 9.71. The molecule has 0 heterocycles. The summed E-state index contributed by atoms with van der Waals surface area (Å²) in [6.45, 7) is 13.8. The lowest BCUT2D eigenvalue weighted by atomic mass is 10.00. The van der Waals surface area contributed by atoms with E-state index in [1.807, 2.05) is 12.2 Å². The highest BCUT2D eigenvalue weighted by Gasteiger charge is 1.97. The molecule has 0 aliphatic carbocycles. The highest BCUT2D eigenvalue weighted by atomic mass is 14.0. The predicted octanol–water partition coefficient (Wildman–Crippen LogP) is 5.14. The van der Waals surface area contributed by atoms with Crippen LogP contribution >= 0.6 is 0 Å². The second-order valence-electron chi connectivity index (χ2n) is 3.28. The van der Waals surface area contributed by atoms with Crippen molar-refractivity contribution in [2.24, 2.45) is 5.92 Å². The van der Waals surface area contributed by atoms with Crippen molar-refractivity contribution in [1.29, 1.82) is 0 Å². The van der Waals surface area contributed by atoms with Crippen LogP contribution in [0.25, 0.3) is 0 Å². The van der Waals surface area contributed by atoms with Gasteiger partial charge in [0.2, 0.25) is 0 Å². The summed E-state index contributed by atoms with van der Waals surface area (Å²) in [6, 6.07) is 0. The van der Waals surface area contributed by atoms with E-state index in [0.717, 1.165) is 12.3 Å². The summed E-state index contributed by atoms with van der Waals surface area (Å²) in [5, 5.41) is 0. The van der Waals surface area contributed by atoms with E-state index in [0.29, 0.717) is 0 Å². The predicted molar refractivity (Wildman–Crippen MR) is 68.5 cm³/mol. The first-order chi connectivity index (χ1) is 6.76. The zero-order chi connectivity index (χ0) is 11.2. The number of hydrogen-bond donors (Lipinski definition) is 0. The Balaban J connectivity index is 0. The van der Waals surface area contributed by atoms with E-state index in [-0.39, 0.29) is 0 Å². The Bertz CT molecular complexity index is 138. The van der Waals surface area contributed by atoms with Crippen LogP contribution in [0.2, 0.25) is 0 Å². The Hall–Kier alpha value is -0.780. The molecule has 0 fully saturated rings. The zero-order valence-electron chi connectivity index (χ0n) is 10.1. The van der Waals surface area contributed by atoms with E-state index >= 15 is 0 Å². The molecule has 0 bridgehead atoms. The van der Waals surface area contributed by atoms with Crippen molar-refractivity contribution in [3.8, 4) is 0 Å². The van der Waals surface area contributed by atoms with Crippen LogP contribution < -0.4 is 0 Å². The van der Waals surface area contributed by atoms with Gasteiger partial charge in [-0.2, -0.15) is 0 Å². The first-order valence-electron chi connectivity index (χ1n) is 5.65. The van der Waals surface area contributed by atoms with Crippen molar-refractivity contribution in [2.75, 3.05) is 0 Å². The van der Waals surface area contributed by atoms with Gasteiger partial charge >= 0.3 is 0 Å². The maximum Gasteiger partial charge on any atom is -0.0325 e. The molecule has 0 aliphatic rings. The molecule has 14 heavy (non-hydrogen) atoms. The first-order valence-corrected chi connectivity index (χ1v) is 5.65. The summed E-state index contributed by atoms with van der Waals surface area (Å²) >= 11 is 0. The molecule has 0 nitrogen and oxygen atoms in total. The molecule has 0 spiro atoms. The Kier molecular flexibility index (Phi) is 16.5. The SMILES string of the molecule is C=CC=CCC.C=CCC(CC)CC. The van der Waals surface area contributed by atoms with Crippen LogP contribution in [0.15, 0.2) is 37.5 Å². The summed E-state index contributed by atoms with van der Waals surface area (Å²) in [7, 11) is 0. The highest BCUT2D eigenvalue weighted by molar-refractivity contribution is 4.96. The van der Waals surface area contributed by atoms with Gasteiger partial charge in [-0.1, -0.05) is 64.5 Å². The van der Waals surface area contributed by atoms with Crippen LogP contribution in [0.3, 0.4) is 0 Å². The molecule has 82 valence electrons. The van der Waals surface area contributed by atoms with Crippen molar-refractivity contribution in [1.82, 2.24) is 0 Å². The fourth-order valence-electron chi connectivity index (χ4n) is 1.09. The van der Waals surface area contributed by atoms with Gasteiger partial charge in [-0.15, -0.1) is 6.58 Å². The van der Waals surface area contributed by atoms with Crippen molar-refractivity contribution in [3.05, 3.63) is 37.5 Å². The lowest BCUT2D eigenvalue weighted by molar-refractivity contribution is 0.500. The minimum atomic E-state index is 0.882. The van der Waals surface area contributed by atoms with Crippen molar-refractivity contribution in [3.63, 3.8) is 0 Å². The van der Waals surface area contributed by atoms with Crippen LogP contribution in [0, 0.1) is 5.92 Å². The standard InChI is InChI=1S/C8H16.C6H10/c1-4-7-8(5-2)6-3;1-3-5-6-4-2/h4,8H,1,5-7H2,2-3H3;3,5-6H,1,4H2,2H3. The molecule has 0 saturated carbocycles. The minimum absolute atomic E-state index is 0.882. The van der Waals surface area contributed by atoms with Crippen LogP contribution in [-0.4, -0.2) is 0 Å². The minimum Gasteiger partial charge on any atom is -0.103 e. The summed E-state index contributed by atoms with van der Waals surface area (Å²) in [5.74, 6) is 0.882. The Morgan fingerprint density at radius 1 is 1.07 bits per heavy atom. The van der Waals surface area contributed by atoms with E-state index in [2.05, 4.69) is 40.0 Å². The quantitative estimate of drug-likeness (QED) is 0.406. The summed E-state index contributed by atoms with van der Waals surface area (Å²) < 4.78 is 0. The lowest BCUT2D eigenvalue weighted by Crippen LogP contribution is -1.92. The van der Waals surface area contributed by atoms with Crippen LogP contribution in [0.4, 0.5) is 0 Å². The van der Waals surface area contributed by atoms with Crippen molar-refractivity contribution in [2.45, 2.75) is 46.5 Å². The summed E-state index contributed by atoms with van der Waals surface area (Å²) in [6.07, 6.45) is 12.7. The molecule has 0 N–H and O–H groups in total. The van der Waals surface area contributed by atoms with E-state index in [1.165, 1.54) is 19.3 Å². The number of hydrogen-bond acceptors (Lipinski definition) is 0. The van der Waals surface area contributed by atoms with E-state index < -0.39 is 0 Å². The lowest BCUT2D eigenvalue weighted by Gasteiger charge is -2.06. The largest absolute Gasteiger partial charge is 0.103 e. The molecule has 0 aromatic rings. The van der Waals surface area contributed by atoms with Crippen LogP contribution in [0.1, 0.15) is 46.5 Å². The molecule has 0 radical (unpaired) electrons. The average molecular weight is 194 g/mol. The first kappa shape index (κ1) is 15.7. The maximum absolute atomic E-state index is 3.70. The Labute approximate surface area is 90.4 Å². The molecule has 0 saturated heterocycles. The van der Waals surface area contributed by atoms with Gasteiger partial charge in [0.15, 0.2) is 0 Å². The van der Waals surface area contributed by atoms with Gasteiger partial charge in [-0.05, 0) is 18.8 Å². The third-order valence-electron chi connectivity index (χ3n) is 2.16. The van der Waals surface area contributed by atoms with E-state index in [4.69, 9.17) is 0 Å². The smallest absolute Gasteiger partial charge is 0.0325 e. The molecule has 0 amide bonds. The molecule has 0 rings (SSSR count). The molecular weight excluding hydrogens is 168 g/mol. The second kappa shape index (κ2) is 14.7. The molecular formula is C14H26. The highest BCUT2D eigenvalue weighted by Crippen LogP contribution is 2.11. The summed E-state index contributed by atoms with van der Waals surface area (Å²) in [5.41, 5.74) is 0. The van der Waals surface area contributed by atoms with Crippen LogP contribution in [0.5, 0.6) is 0 Å². The van der Waals surface area contributed by atoms with Gasteiger partial charge in [-0.25, -0.2) is 0 Å². The Morgan fingerprint density at radius 2 is 1.64 bits per heavy atom. The monoisotopic (exact) mass is 194 g/mol. The number of allylic oxidation sites excluding steroid dienone is 4. The second-order valence-corrected chi connectivity index (χ2v) is 3.28. The molecule has 0 aromatic carbocycles. The van der Waals surface area contributed by atoms with Crippen LogP contribution in [-0.2, 0) is 0 Å². The third kappa shape index (κ3) is 13.8. The van der Waals surface area contributed by atoms with Gasteiger partial charge < -0.3 is 0 Å². The van der Waals surface area contributed by atoms with Gasteiger partial charge in [0, 0.05) is 0 Å². The fraction of sp³-hybridized carbons (Fsp3) is 0.571. The van der Waals surface area contributed by atoms with Gasteiger partial charge in [0.1, 0.15) is 0 Å². The molecule has 0 aromatic heterocycles. The van der Waals surface area contributed by atoms with E-state index in [9.17, 15) is 0 Å². The molecule has 0 heteroatoms. The molecule has 0 aliphatic heterocycles. The topological polar surface area (TPSA) is 0 Å². The fourth-order valence-corrected chi connectivity index (χ4v) is 1.09.